The largest absolute Gasteiger partial charge is 0.447 e. The Bertz CT molecular complexity index is 2120. The molecule has 16 heteroatoms. The number of carbonyl (C=O) groups is 3. The summed E-state index contributed by atoms with van der Waals surface area (Å²) in [5, 5.41) is 9.77. The van der Waals surface area contributed by atoms with Gasteiger partial charge in [-0.2, -0.15) is 0 Å². The van der Waals surface area contributed by atoms with E-state index in [2.05, 4.69) is 25.9 Å². The molecule has 2 atom stereocenters. The van der Waals surface area contributed by atoms with E-state index < -0.39 is 35.8 Å². The number of likely N-dealkylation sites (N-methyl/N-ethyl adjacent to an activating group) is 1. The van der Waals surface area contributed by atoms with Crippen LogP contribution in [-0.4, -0.2) is 69.9 Å². The Labute approximate surface area is 313 Å². The lowest BCUT2D eigenvalue weighted by Crippen LogP contribution is -2.46. The van der Waals surface area contributed by atoms with Crippen LogP contribution in [0.15, 0.2) is 102 Å². The summed E-state index contributed by atoms with van der Waals surface area (Å²) in [5.74, 6) is -0.863. The first-order valence-electron chi connectivity index (χ1n) is 16.5. The Balaban J connectivity index is 1.07. The predicted molar refractivity (Wildman–Crippen MR) is 198 cm³/mol. The molecule has 12 nitrogen and oxygen atoms in total. The number of rotatable bonds is 11. The summed E-state index contributed by atoms with van der Waals surface area (Å²) in [4.78, 5) is 52.5. The lowest BCUT2D eigenvalue weighted by atomic mass is 10.1. The summed E-state index contributed by atoms with van der Waals surface area (Å²) >= 11 is 12.1. The van der Waals surface area contributed by atoms with Crippen molar-refractivity contribution >= 4 is 64.2 Å². The molecule has 0 radical (unpaired) electrons. The molecule has 6 rings (SSSR count). The van der Waals surface area contributed by atoms with E-state index >= 15 is 0 Å². The van der Waals surface area contributed by atoms with Crippen LogP contribution in [0.25, 0.3) is 10.8 Å². The van der Waals surface area contributed by atoms with Gasteiger partial charge in [0, 0.05) is 56.5 Å². The fourth-order valence-corrected chi connectivity index (χ4v) is 6.10. The highest BCUT2D eigenvalue weighted by Crippen LogP contribution is 2.27. The van der Waals surface area contributed by atoms with Crippen LogP contribution < -0.4 is 16.0 Å². The van der Waals surface area contributed by atoms with Gasteiger partial charge in [0.05, 0.1) is 21.8 Å². The number of ether oxygens (including phenoxy) is 1. The molecule has 5 amide bonds. The third-order valence-electron chi connectivity index (χ3n) is 8.71. The number of nitrogens with zero attached hydrogens (tertiary/aromatic N) is 5. The van der Waals surface area contributed by atoms with Crippen LogP contribution >= 0.6 is 23.2 Å². The number of halogens is 4. The molecule has 0 spiro atoms. The van der Waals surface area contributed by atoms with Crippen molar-refractivity contribution in [3.8, 4) is 0 Å². The van der Waals surface area contributed by atoms with E-state index in [1.807, 2.05) is 29.2 Å². The lowest BCUT2D eigenvalue weighted by Gasteiger charge is -2.31. The minimum Gasteiger partial charge on any atom is -0.447 e. The fourth-order valence-electron chi connectivity index (χ4n) is 5.72. The molecule has 2 aliphatic rings. The van der Waals surface area contributed by atoms with Gasteiger partial charge in [-0.25, -0.2) is 28.1 Å². The number of nitrogens with one attached hydrogen (secondary N) is 3. The molecule has 0 fully saturated rings. The molecule has 4 aromatic rings. The molecule has 274 valence electrons. The van der Waals surface area contributed by atoms with Crippen LogP contribution in [0.2, 0.25) is 10.0 Å². The number of aliphatic imine (C=N–C) groups is 1. The summed E-state index contributed by atoms with van der Waals surface area (Å²) in [6, 6.07) is 16.5. The number of amides is 5. The van der Waals surface area contributed by atoms with Crippen molar-refractivity contribution in [3.63, 3.8) is 0 Å². The third kappa shape index (κ3) is 9.02. The zero-order valence-electron chi connectivity index (χ0n) is 28.3. The van der Waals surface area contributed by atoms with Crippen LogP contribution in [0.1, 0.15) is 24.0 Å². The Hall–Kier alpha value is -5.73. The van der Waals surface area contributed by atoms with E-state index in [4.69, 9.17) is 27.9 Å². The van der Waals surface area contributed by atoms with E-state index in [0.717, 1.165) is 10.8 Å². The minimum atomic E-state index is -0.751. The van der Waals surface area contributed by atoms with E-state index in [-0.39, 0.29) is 35.9 Å². The van der Waals surface area contributed by atoms with Gasteiger partial charge in [-0.05, 0) is 47.6 Å². The van der Waals surface area contributed by atoms with Gasteiger partial charge in [0.15, 0.2) is 0 Å². The van der Waals surface area contributed by atoms with Crippen LogP contribution in [0.3, 0.4) is 0 Å². The standard InChI is InChI=1S/C37H34Cl2F2N8O4/c1-47(35(50)44-18-25-8-4-10-29(40)33(25)38)27(22-53-37(52)46-31-16-23-6-2-3-7-24(23)17-42-31)12-13-32-43-20-28-21-48(14-15-49(28)32)36(51)45-19-26-9-5-11-30(41)34(26)39/h2-11,14-17,20-21,27,32H,12-13,18-19,22H2,1H3,(H,44,50)(H,45,51)(H,42,46,52)/t27-,32?/m0/s1. The first kappa shape index (κ1) is 37.0. The zero-order chi connectivity index (χ0) is 37.5. The Morgan fingerprint density at radius 3 is 2.32 bits per heavy atom. The quantitative estimate of drug-likeness (QED) is 0.144. The molecule has 3 N–H and O–H groups in total. The van der Waals surface area contributed by atoms with E-state index in [0.29, 0.717) is 35.5 Å². The maximum Gasteiger partial charge on any atom is 0.412 e. The van der Waals surface area contributed by atoms with E-state index in [1.165, 1.54) is 34.1 Å². The molecule has 0 aliphatic carbocycles. The summed E-state index contributed by atoms with van der Waals surface area (Å²) < 4.78 is 33.4. The average Bonchev–Trinajstić information content (AvgIpc) is 3.57. The second-order valence-corrected chi connectivity index (χ2v) is 12.9. The SMILES string of the molecule is CN(C(=O)NCc1cccc(F)c1Cl)[C@@H](CCC1N=CC2=CN(C(=O)NCc3cccc(F)c3Cl)C=CN21)COC(=O)Nc1cc2ccccc2cn1. The number of hydrogen-bond donors (Lipinski definition) is 3. The molecule has 0 saturated heterocycles. The number of carbonyl (C=O) groups excluding carboxylic acids is 3. The summed E-state index contributed by atoms with van der Waals surface area (Å²) in [5.41, 5.74) is 1.49. The number of hydrogen-bond acceptors (Lipinski definition) is 7. The van der Waals surface area contributed by atoms with Crippen molar-refractivity contribution in [1.82, 2.24) is 30.3 Å². The number of pyridine rings is 1. The zero-order valence-corrected chi connectivity index (χ0v) is 29.8. The smallest absolute Gasteiger partial charge is 0.412 e. The van der Waals surface area contributed by atoms with Crippen molar-refractivity contribution in [1.29, 1.82) is 0 Å². The first-order chi connectivity index (χ1) is 25.6. The molecule has 1 aromatic heterocycles. The monoisotopic (exact) mass is 762 g/mol. The van der Waals surface area contributed by atoms with Gasteiger partial charge in [0.25, 0.3) is 0 Å². The van der Waals surface area contributed by atoms with Crippen LogP contribution in [0.5, 0.6) is 0 Å². The molecule has 2 aliphatic heterocycles. The number of anilines is 1. The van der Waals surface area contributed by atoms with Crippen molar-refractivity contribution in [2.45, 2.75) is 38.1 Å². The Morgan fingerprint density at radius 2 is 1.60 bits per heavy atom. The molecule has 0 saturated carbocycles. The van der Waals surface area contributed by atoms with Gasteiger partial charge in [-0.3, -0.25) is 15.2 Å². The second-order valence-electron chi connectivity index (χ2n) is 12.2. The molecule has 53 heavy (non-hydrogen) atoms. The number of fused-ring (bicyclic) bond motifs is 2. The maximum atomic E-state index is 14.0. The topological polar surface area (TPSA) is 132 Å². The minimum absolute atomic E-state index is 0.0273. The van der Waals surface area contributed by atoms with Crippen LogP contribution in [-0.2, 0) is 17.8 Å². The molecule has 0 bridgehead atoms. The van der Waals surface area contributed by atoms with Gasteiger partial charge >= 0.3 is 18.2 Å². The summed E-state index contributed by atoms with van der Waals surface area (Å²) in [6.07, 6.45) is 7.80. The molecule has 3 aromatic carbocycles. The highest BCUT2D eigenvalue weighted by molar-refractivity contribution is 6.31. The fraction of sp³-hybridized carbons (Fsp3) is 0.216. The third-order valence-corrected chi connectivity index (χ3v) is 9.56. The average molecular weight is 764 g/mol. The lowest BCUT2D eigenvalue weighted by molar-refractivity contribution is 0.110. The summed E-state index contributed by atoms with van der Waals surface area (Å²) in [7, 11) is 1.57. The van der Waals surface area contributed by atoms with Crippen molar-refractivity contribution < 1.29 is 27.9 Å². The Kier molecular flexibility index (Phi) is 11.7. The molecule has 3 heterocycles. The van der Waals surface area contributed by atoms with Crippen molar-refractivity contribution in [2.24, 2.45) is 4.99 Å². The number of urea groups is 2. The first-order valence-corrected chi connectivity index (χ1v) is 17.3. The van der Waals surface area contributed by atoms with Crippen LogP contribution in [0.4, 0.5) is 29.0 Å². The number of benzene rings is 3. The number of aromatic nitrogens is 1. The summed E-state index contributed by atoms with van der Waals surface area (Å²) in [6.45, 7) is -0.164. The van der Waals surface area contributed by atoms with Gasteiger partial charge < -0.3 is 25.2 Å². The van der Waals surface area contributed by atoms with Crippen molar-refractivity contribution in [2.75, 3.05) is 19.0 Å². The van der Waals surface area contributed by atoms with Gasteiger partial charge in [0.2, 0.25) is 0 Å². The van der Waals surface area contributed by atoms with E-state index in [1.54, 1.807) is 56.3 Å². The Morgan fingerprint density at radius 1 is 0.925 bits per heavy atom. The van der Waals surface area contributed by atoms with Gasteiger partial charge in [0.1, 0.15) is 30.2 Å². The molecular weight excluding hydrogens is 729 g/mol. The van der Waals surface area contributed by atoms with Crippen molar-refractivity contribution in [3.05, 3.63) is 130 Å². The normalized spacial score (nSPS) is 15.1. The maximum absolute atomic E-state index is 14.0. The van der Waals surface area contributed by atoms with E-state index in [9.17, 15) is 23.2 Å². The highest BCUT2D eigenvalue weighted by atomic mass is 35.5. The molecule has 1 unspecified atom stereocenters. The predicted octanol–water partition coefficient (Wildman–Crippen LogP) is 7.61. The van der Waals surface area contributed by atoms with Crippen LogP contribution in [0, 0.1) is 11.6 Å². The number of allylic oxidation sites excluding steroid dienone is 1. The van der Waals surface area contributed by atoms with Gasteiger partial charge in [-0.1, -0.05) is 71.7 Å². The second kappa shape index (κ2) is 16.7. The highest BCUT2D eigenvalue weighted by Gasteiger charge is 2.30. The van der Waals surface area contributed by atoms with Gasteiger partial charge in [-0.15, -0.1) is 0 Å². The molecular formula is C37H34Cl2F2N8O4.